The summed E-state index contributed by atoms with van der Waals surface area (Å²) in [7, 11) is 2.04. The Hall–Kier alpha value is -0.570. The van der Waals surface area contributed by atoms with E-state index in [1.807, 2.05) is 14.0 Å². The van der Waals surface area contributed by atoms with Crippen LogP contribution in [0.2, 0.25) is 0 Å². The lowest BCUT2D eigenvalue weighted by Gasteiger charge is -2.60. The molecule has 3 aliphatic rings. The van der Waals surface area contributed by atoms with Gasteiger partial charge in [-0.2, -0.15) is 0 Å². The molecule has 3 rings (SSSR count). The Labute approximate surface area is 111 Å². The molecule has 18 heavy (non-hydrogen) atoms. The average molecular weight is 253 g/mol. The minimum Gasteiger partial charge on any atom is -0.465 e. The third-order valence-corrected chi connectivity index (χ3v) is 5.25. The molecule has 0 radical (unpaired) electrons. The van der Waals surface area contributed by atoms with Crippen LogP contribution in [0, 0.1) is 23.2 Å². The van der Waals surface area contributed by atoms with Gasteiger partial charge in [0.25, 0.3) is 0 Å². The summed E-state index contributed by atoms with van der Waals surface area (Å²) in [5.41, 5.74) is 0.535. The fourth-order valence-electron chi connectivity index (χ4n) is 4.07. The normalized spacial score (nSPS) is 33.1. The zero-order valence-corrected chi connectivity index (χ0v) is 12.2. The molecule has 0 saturated heterocycles. The number of hydrogen-bond donors (Lipinski definition) is 0. The Kier molecular flexibility index (Phi) is 4.00. The lowest BCUT2D eigenvalue weighted by molar-refractivity contribution is -0.145. The molecular formula is C15H27NO2. The molecule has 3 saturated carbocycles. The number of ether oxygens (including phenoxy) is 1. The topological polar surface area (TPSA) is 29.5 Å². The van der Waals surface area contributed by atoms with Crippen molar-refractivity contribution in [3.8, 4) is 0 Å². The highest BCUT2D eigenvalue weighted by Crippen LogP contribution is 2.61. The van der Waals surface area contributed by atoms with E-state index in [4.69, 9.17) is 4.74 Å². The summed E-state index contributed by atoms with van der Waals surface area (Å²) >= 11 is 0. The molecule has 0 aromatic heterocycles. The van der Waals surface area contributed by atoms with E-state index in [1.165, 1.54) is 19.3 Å². The monoisotopic (exact) mass is 253 g/mol. The van der Waals surface area contributed by atoms with Crippen LogP contribution in [0.3, 0.4) is 0 Å². The SMILES string of the molecule is CCOC(=O)CN(C)CC1CCC2CC1C2(C)C. The molecule has 0 aromatic carbocycles. The van der Waals surface area contributed by atoms with Crippen LogP contribution in [0.15, 0.2) is 0 Å². The number of likely N-dealkylation sites (N-methyl/N-ethyl adjacent to an activating group) is 1. The molecule has 3 unspecified atom stereocenters. The number of hydrogen-bond acceptors (Lipinski definition) is 3. The first-order chi connectivity index (χ1) is 8.45. The van der Waals surface area contributed by atoms with Gasteiger partial charge in [0.15, 0.2) is 0 Å². The summed E-state index contributed by atoms with van der Waals surface area (Å²) in [6.07, 6.45) is 4.12. The quantitative estimate of drug-likeness (QED) is 0.705. The Morgan fingerprint density at radius 2 is 2.11 bits per heavy atom. The molecule has 3 heteroatoms. The zero-order valence-electron chi connectivity index (χ0n) is 12.2. The van der Waals surface area contributed by atoms with E-state index in [0.717, 1.165) is 24.3 Å². The van der Waals surface area contributed by atoms with Gasteiger partial charge in [-0.25, -0.2) is 0 Å². The van der Waals surface area contributed by atoms with Crippen molar-refractivity contribution in [1.29, 1.82) is 0 Å². The van der Waals surface area contributed by atoms with Crippen LogP contribution < -0.4 is 0 Å². The first kappa shape index (κ1) is 13.9. The number of esters is 1. The molecule has 0 N–H and O–H groups in total. The van der Waals surface area contributed by atoms with Crippen molar-refractivity contribution in [3.05, 3.63) is 0 Å². The molecule has 0 aliphatic heterocycles. The summed E-state index contributed by atoms with van der Waals surface area (Å²) < 4.78 is 5.00. The first-order valence-corrected chi connectivity index (χ1v) is 7.29. The van der Waals surface area contributed by atoms with Gasteiger partial charge >= 0.3 is 5.97 Å². The van der Waals surface area contributed by atoms with Gasteiger partial charge in [0, 0.05) is 6.54 Å². The summed E-state index contributed by atoms with van der Waals surface area (Å²) in [6, 6.07) is 0. The molecule has 104 valence electrons. The minimum atomic E-state index is -0.0958. The van der Waals surface area contributed by atoms with Gasteiger partial charge in [-0.15, -0.1) is 0 Å². The Bertz CT molecular complexity index is 312. The van der Waals surface area contributed by atoms with Crippen molar-refractivity contribution in [2.75, 3.05) is 26.7 Å². The zero-order chi connectivity index (χ0) is 13.3. The lowest BCUT2D eigenvalue weighted by atomic mass is 9.45. The third-order valence-electron chi connectivity index (χ3n) is 5.25. The summed E-state index contributed by atoms with van der Waals surface area (Å²) in [5.74, 6) is 2.49. The molecule has 3 fully saturated rings. The van der Waals surface area contributed by atoms with Gasteiger partial charge in [0.05, 0.1) is 13.2 Å². The molecular weight excluding hydrogens is 226 g/mol. The summed E-state index contributed by atoms with van der Waals surface area (Å²) in [5, 5.41) is 0. The Balaban J connectivity index is 1.81. The average Bonchev–Trinajstić information content (AvgIpc) is 2.28. The largest absolute Gasteiger partial charge is 0.465 e. The van der Waals surface area contributed by atoms with Crippen molar-refractivity contribution in [2.24, 2.45) is 23.2 Å². The van der Waals surface area contributed by atoms with Crippen molar-refractivity contribution < 1.29 is 9.53 Å². The van der Waals surface area contributed by atoms with E-state index >= 15 is 0 Å². The van der Waals surface area contributed by atoms with Gasteiger partial charge in [-0.1, -0.05) is 13.8 Å². The summed E-state index contributed by atoms with van der Waals surface area (Å²) in [6.45, 7) is 8.65. The van der Waals surface area contributed by atoms with Crippen molar-refractivity contribution in [2.45, 2.75) is 40.0 Å². The highest BCUT2D eigenvalue weighted by atomic mass is 16.5. The van der Waals surface area contributed by atoms with Gasteiger partial charge in [0.2, 0.25) is 0 Å². The highest BCUT2D eigenvalue weighted by molar-refractivity contribution is 5.71. The standard InChI is InChI=1S/C15H27NO2/c1-5-18-14(17)10-16(4)9-11-6-7-12-8-13(11)15(12,2)3/h11-13H,5-10H2,1-4H3. The third kappa shape index (κ3) is 2.56. The van der Waals surface area contributed by atoms with E-state index in [9.17, 15) is 4.79 Å². The maximum atomic E-state index is 11.5. The number of nitrogens with zero attached hydrogens (tertiary/aromatic N) is 1. The van der Waals surface area contributed by atoms with Crippen molar-refractivity contribution in [3.63, 3.8) is 0 Å². The van der Waals surface area contributed by atoms with E-state index in [1.54, 1.807) is 0 Å². The second-order valence-electron chi connectivity index (χ2n) is 6.70. The van der Waals surface area contributed by atoms with Crippen LogP contribution in [-0.4, -0.2) is 37.6 Å². The van der Waals surface area contributed by atoms with Crippen LogP contribution in [-0.2, 0) is 9.53 Å². The Morgan fingerprint density at radius 3 is 2.67 bits per heavy atom. The Morgan fingerprint density at radius 1 is 1.39 bits per heavy atom. The van der Waals surface area contributed by atoms with Crippen LogP contribution >= 0.6 is 0 Å². The van der Waals surface area contributed by atoms with Gasteiger partial charge in [0.1, 0.15) is 0 Å². The summed E-state index contributed by atoms with van der Waals surface area (Å²) in [4.78, 5) is 13.6. The van der Waals surface area contributed by atoms with Gasteiger partial charge in [-0.05, 0) is 56.4 Å². The highest BCUT2D eigenvalue weighted by Gasteiger charge is 2.54. The molecule has 3 atom stereocenters. The molecule has 0 aromatic rings. The maximum absolute atomic E-state index is 11.5. The molecule has 3 nitrogen and oxygen atoms in total. The number of rotatable bonds is 5. The molecule has 0 heterocycles. The van der Waals surface area contributed by atoms with Crippen LogP contribution in [0.5, 0.6) is 0 Å². The smallest absolute Gasteiger partial charge is 0.320 e. The fourth-order valence-corrected chi connectivity index (χ4v) is 4.07. The van der Waals surface area contributed by atoms with Crippen LogP contribution in [0.25, 0.3) is 0 Å². The molecule has 2 bridgehead atoms. The lowest BCUT2D eigenvalue weighted by Crippen LogP contribution is -2.54. The predicted octanol–water partition coefficient (Wildman–Crippen LogP) is 2.55. The van der Waals surface area contributed by atoms with Crippen molar-refractivity contribution in [1.82, 2.24) is 4.90 Å². The van der Waals surface area contributed by atoms with E-state index in [0.29, 0.717) is 18.6 Å². The molecule has 0 spiro atoms. The predicted molar refractivity (Wildman–Crippen MR) is 72.2 cm³/mol. The number of carbonyl (C=O) groups excluding carboxylic acids is 1. The second kappa shape index (κ2) is 5.20. The fraction of sp³-hybridized carbons (Fsp3) is 0.933. The van der Waals surface area contributed by atoms with Crippen LogP contribution in [0.4, 0.5) is 0 Å². The minimum absolute atomic E-state index is 0.0958. The van der Waals surface area contributed by atoms with Gasteiger partial charge in [-0.3, -0.25) is 9.69 Å². The number of fused-ring (bicyclic) bond motifs is 2. The van der Waals surface area contributed by atoms with Crippen LogP contribution in [0.1, 0.15) is 40.0 Å². The van der Waals surface area contributed by atoms with Crippen molar-refractivity contribution >= 4 is 5.97 Å². The van der Waals surface area contributed by atoms with E-state index < -0.39 is 0 Å². The first-order valence-electron chi connectivity index (χ1n) is 7.29. The number of carbonyl (C=O) groups is 1. The molecule has 3 aliphatic carbocycles. The molecule has 0 amide bonds. The van der Waals surface area contributed by atoms with E-state index in [-0.39, 0.29) is 5.97 Å². The van der Waals surface area contributed by atoms with Gasteiger partial charge < -0.3 is 4.74 Å². The van der Waals surface area contributed by atoms with E-state index in [2.05, 4.69) is 18.7 Å². The second-order valence-corrected chi connectivity index (χ2v) is 6.70. The maximum Gasteiger partial charge on any atom is 0.320 e.